The molecule has 1 aromatic carbocycles. The summed E-state index contributed by atoms with van der Waals surface area (Å²) < 4.78 is 11.2. The minimum absolute atomic E-state index is 0.0543. The second-order valence-corrected chi connectivity index (χ2v) is 7.44. The second kappa shape index (κ2) is 6.59. The molecule has 1 amide bonds. The fraction of sp³-hybridized carbons (Fsp3) is 0.556. The van der Waals surface area contributed by atoms with Gasteiger partial charge in [-0.25, -0.2) is 4.98 Å². The minimum atomic E-state index is -0.764. The summed E-state index contributed by atoms with van der Waals surface area (Å²) in [6.07, 6.45) is 2.85. The Morgan fingerprint density at radius 1 is 1.28 bits per heavy atom. The summed E-state index contributed by atoms with van der Waals surface area (Å²) in [6, 6.07) is 5.46. The molecule has 0 unspecified atom stereocenters. The van der Waals surface area contributed by atoms with E-state index in [1.54, 1.807) is 6.07 Å². The number of benzene rings is 1. The largest absolute Gasteiger partial charge is 0.440 e. The molecule has 0 radical (unpaired) electrons. The molecule has 25 heavy (non-hydrogen) atoms. The smallest absolute Gasteiger partial charge is 0.242 e. The molecule has 0 spiro atoms. The molecule has 6 nitrogen and oxygen atoms in total. The summed E-state index contributed by atoms with van der Waals surface area (Å²) in [5.74, 6) is 1.01. The number of carbonyl (C=O) groups excluding carboxylic acids is 1. The first-order chi connectivity index (χ1) is 12.0. The van der Waals surface area contributed by atoms with E-state index in [0.717, 1.165) is 29.8 Å². The van der Waals surface area contributed by atoms with Gasteiger partial charge in [-0.2, -0.15) is 0 Å². The van der Waals surface area contributed by atoms with Crippen LogP contribution in [0.15, 0.2) is 22.6 Å². The van der Waals surface area contributed by atoms with Gasteiger partial charge >= 0.3 is 0 Å². The van der Waals surface area contributed by atoms with Crippen molar-refractivity contribution in [3.63, 3.8) is 0 Å². The van der Waals surface area contributed by atoms with Crippen molar-refractivity contribution in [3.8, 4) is 0 Å². The Balaban J connectivity index is 1.42. The van der Waals surface area contributed by atoms with Gasteiger partial charge in [-0.15, -0.1) is 0 Å². The minimum Gasteiger partial charge on any atom is -0.440 e. The number of hydrogen-bond donors (Lipinski definition) is 1. The number of halogens is 1. The number of ether oxygens (including phenoxy) is 1. The average Bonchev–Trinajstić information content (AvgIpc) is 3.05. The van der Waals surface area contributed by atoms with Crippen LogP contribution in [-0.4, -0.2) is 47.6 Å². The van der Waals surface area contributed by atoms with Crippen LogP contribution in [0, 0.1) is 0 Å². The first-order valence-corrected chi connectivity index (χ1v) is 9.15. The molecule has 2 fully saturated rings. The number of likely N-dealkylation sites (tertiary alicyclic amines) is 1. The number of aromatic nitrogens is 1. The van der Waals surface area contributed by atoms with Gasteiger partial charge in [0.1, 0.15) is 5.52 Å². The maximum absolute atomic E-state index is 12.8. The Morgan fingerprint density at radius 3 is 2.72 bits per heavy atom. The van der Waals surface area contributed by atoms with E-state index < -0.39 is 5.54 Å². The Kier molecular flexibility index (Phi) is 4.43. The van der Waals surface area contributed by atoms with Gasteiger partial charge in [-0.1, -0.05) is 11.6 Å². The van der Waals surface area contributed by atoms with E-state index in [0.29, 0.717) is 44.2 Å². The van der Waals surface area contributed by atoms with Crippen molar-refractivity contribution in [2.75, 3.05) is 26.3 Å². The number of amides is 1. The SMILES string of the molecule is NC1(C(=O)N2CCC(c3nc4cc(Cl)ccc4o3)CC2)CCOCC1. The van der Waals surface area contributed by atoms with Crippen LogP contribution in [-0.2, 0) is 9.53 Å². The van der Waals surface area contributed by atoms with Gasteiger partial charge in [-0.05, 0) is 43.9 Å². The highest BCUT2D eigenvalue weighted by Crippen LogP contribution is 2.32. The van der Waals surface area contributed by atoms with Gasteiger partial charge in [-0.3, -0.25) is 4.79 Å². The lowest BCUT2D eigenvalue weighted by Gasteiger charge is -2.39. The monoisotopic (exact) mass is 363 g/mol. The molecule has 0 aliphatic carbocycles. The zero-order valence-electron chi connectivity index (χ0n) is 14.0. The van der Waals surface area contributed by atoms with E-state index in [1.807, 2.05) is 17.0 Å². The lowest BCUT2D eigenvalue weighted by Crippen LogP contribution is -2.59. The third-order valence-electron chi connectivity index (χ3n) is 5.31. The molecule has 2 saturated heterocycles. The Hall–Kier alpha value is -1.63. The summed E-state index contributed by atoms with van der Waals surface area (Å²) in [5.41, 5.74) is 7.10. The molecule has 0 bridgehead atoms. The highest BCUT2D eigenvalue weighted by molar-refractivity contribution is 6.31. The predicted molar refractivity (Wildman–Crippen MR) is 94.5 cm³/mol. The van der Waals surface area contributed by atoms with Crippen LogP contribution >= 0.6 is 11.6 Å². The fourth-order valence-electron chi connectivity index (χ4n) is 3.69. The van der Waals surface area contributed by atoms with Crippen molar-refractivity contribution in [2.24, 2.45) is 5.73 Å². The number of piperidine rings is 1. The van der Waals surface area contributed by atoms with E-state index >= 15 is 0 Å². The highest BCUT2D eigenvalue weighted by Gasteiger charge is 2.40. The van der Waals surface area contributed by atoms with Crippen molar-refractivity contribution in [3.05, 3.63) is 29.1 Å². The third-order valence-corrected chi connectivity index (χ3v) is 5.54. The number of rotatable bonds is 2. The molecule has 1 aromatic heterocycles. The zero-order valence-corrected chi connectivity index (χ0v) is 14.8. The van der Waals surface area contributed by atoms with Crippen LogP contribution in [0.1, 0.15) is 37.5 Å². The second-order valence-electron chi connectivity index (χ2n) is 7.00. The van der Waals surface area contributed by atoms with Gasteiger partial charge in [0, 0.05) is 37.2 Å². The summed E-state index contributed by atoms with van der Waals surface area (Å²) in [4.78, 5) is 19.3. The lowest BCUT2D eigenvalue weighted by atomic mass is 9.88. The van der Waals surface area contributed by atoms with Crippen LogP contribution in [0.3, 0.4) is 0 Å². The Morgan fingerprint density at radius 2 is 2.00 bits per heavy atom. The fourth-order valence-corrected chi connectivity index (χ4v) is 3.85. The molecule has 2 aromatic rings. The normalized spacial score (nSPS) is 21.6. The van der Waals surface area contributed by atoms with Crippen LogP contribution < -0.4 is 5.73 Å². The molecule has 2 aliphatic rings. The first-order valence-electron chi connectivity index (χ1n) is 8.77. The molecular formula is C18H22ClN3O3. The maximum atomic E-state index is 12.8. The molecule has 0 saturated carbocycles. The summed E-state index contributed by atoms with van der Waals surface area (Å²) in [7, 11) is 0. The number of nitrogens with zero attached hydrogens (tertiary/aromatic N) is 2. The van der Waals surface area contributed by atoms with E-state index in [1.165, 1.54) is 0 Å². The van der Waals surface area contributed by atoms with Crippen LogP contribution in [0.5, 0.6) is 0 Å². The van der Waals surface area contributed by atoms with E-state index in [2.05, 4.69) is 4.98 Å². The summed E-state index contributed by atoms with van der Waals surface area (Å²) >= 11 is 6.01. The van der Waals surface area contributed by atoms with E-state index in [-0.39, 0.29) is 11.8 Å². The van der Waals surface area contributed by atoms with Gasteiger partial charge in [0.15, 0.2) is 11.5 Å². The average molecular weight is 364 g/mol. The molecule has 134 valence electrons. The number of nitrogens with two attached hydrogens (primary N) is 1. The Labute approximate surface area is 151 Å². The standard InChI is InChI=1S/C18H22ClN3O3/c19-13-1-2-15-14(11-13)21-16(25-15)12-3-7-22(8-4-12)17(23)18(20)5-9-24-10-6-18/h1-2,11-12H,3-10,20H2. The van der Waals surface area contributed by atoms with Crippen molar-refractivity contribution in [1.82, 2.24) is 9.88 Å². The van der Waals surface area contributed by atoms with Gasteiger partial charge in [0.05, 0.1) is 5.54 Å². The lowest BCUT2D eigenvalue weighted by molar-refractivity contribution is -0.141. The predicted octanol–water partition coefficient (Wildman–Crippen LogP) is 2.70. The van der Waals surface area contributed by atoms with Crippen molar-refractivity contribution in [1.29, 1.82) is 0 Å². The van der Waals surface area contributed by atoms with E-state index in [4.69, 9.17) is 26.5 Å². The molecule has 7 heteroatoms. The van der Waals surface area contributed by atoms with Gasteiger partial charge < -0.3 is 19.8 Å². The topological polar surface area (TPSA) is 81.6 Å². The molecule has 4 rings (SSSR count). The van der Waals surface area contributed by atoms with Crippen molar-refractivity contribution < 1.29 is 13.9 Å². The van der Waals surface area contributed by atoms with Gasteiger partial charge in [0.2, 0.25) is 5.91 Å². The van der Waals surface area contributed by atoms with Crippen LogP contribution in [0.25, 0.3) is 11.1 Å². The number of fused-ring (bicyclic) bond motifs is 1. The summed E-state index contributed by atoms with van der Waals surface area (Å²) in [5, 5.41) is 0.650. The number of carbonyl (C=O) groups is 1. The van der Waals surface area contributed by atoms with Gasteiger partial charge in [0.25, 0.3) is 0 Å². The summed E-state index contributed by atoms with van der Waals surface area (Å²) in [6.45, 7) is 2.49. The molecule has 0 atom stereocenters. The highest BCUT2D eigenvalue weighted by atomic mass is 35.5. The van der Waals surface area contributed by atoms with Crippen molar-refractivity contribution in [2.45, 2.75) is 37.1 Å². The molecule has 2 N–H and O–H groups in total. The number of hydrogen-bond acceptors (Lipinski definition) is 5. The first kappa shape index (κ1) is 16.8. The molecular weight excluding hydrogens is 342 g/mol. The van der Waals surface area contributed by atoms with Crippen LogP contribution in [0.4, 0.5) is 0 Å². The Bertz CT molecular complexity index is 777. The quantitative estimate of drug-likeness (QED) is 0.887. The number of oxazole rings is 1. The van der Waals surface area contributed by atoms with E-state index in [9.17, 15) is 4.79 Å². The van der Waals surface area contributed by atoms with Crippen LogP contribution in [0.2, 0.25) is 5.02 Å². The maximum Gasteiger partial charge on any atom is 0.242 e. The third kappa shape index (κ3) is 3.26. The zero-order chi connectivity index (χ0) is 17.4. The van der Waals surface area contributed by atoms with Crippen molar-refractivity contribution >= 4 is 28.6 Å². The molecule has 2 aliphatic heterocycles. The molecule has 3 heterocycles.